The number of benzene rings is 1. The van der Waals surface area contributed by atoms with Gasteiger partial charge in [-0.2, -0.15) is 0 Å². The molecule has 1 aliphatic rings. The summed E-state index contributed by atoms with van der Waals surface area (Å²) in [4.78, 5) is 14.1. The number of carbonyl (C=O) groups excluding carboxylic acids is 1. The third kappa shape index (κ3) is 3.37. The van der Waals surface area contributed by atoms with Crippen LogP contribution in [0.25, 0.3) is 0 Å². The highest BCUT2D eigenvalue weighted by molar-refractivity contribution is 5.92. The molecule has 0 aromatic heterocycles. The van der Waals surface area contributed by atoms with Gasteiger partial charge >= 0.3 is 6.03 Å². The molecule has 0 heterocycles. The van der Waals surface area contributed by atoms with Gasteiger partial charge in [0.2, 0.25) is 0 Å². The van der Waals surface area contributed by atoms with E-state index in [1.807, 2.05) is 35.2 Å². The van der Waals surface area contributed by atoms with Crippen LogP contribution in [0.1, 0.15) is 33.5 Å². The molecule has 1 unspecified atom stereocenters. The van der Waals surface area contributed by atoms with Crippen molar-refractivity contribution in [3.8, 4) is 0 Å². The lowest BCUT2D eigenvalue weighted by Gasteiger charge is -2.30. The first-order valence-corrected chi connectivity index (χ1v) is 6.95. The van der Waals surface area contributed by atoms with E-state index in [2.05, 4.69) is 11.9 Å². The van der Waals surface area contributed by atoms with Gasteiger partial charge in [-0.05, 0) is 44.2 Å². The standard InChI is InChI=1S/C16H22N2O.H2/c1-13-7-6-10-15(12-11-13)18(16(19)17-2)14-8-4-3-5-9-14;/h3-5,8-9,15H,1,6-7,10-12H2,2H3,(H,17,19);1H. The summed E-state index contributed by atoms with van der Waals surface area (Å²) >= 11 is 0. The summed E-state index contributed by atoms with van der Waals surface area (Å²) in [6.07, 6.45) is 5.27. The number of nitrogens with zero attached hydrogens (tertiary/aromatic N) is 1. The fourth-order valence-corrected chi connectivity index (χ4v) is 2.69. The Kier molecular flexibility index (Phi) is 4.61. The minimum absolute atomic E-state index is 0. The fourth-order valence-electron chi connectivity index (χ4n) is 2.69. The highest BCUT2D eigenvalue weighted by Crippen LogP contribution is 2.28. The van der Waals surface area contributed by atoms with Crippen molar-refractivity contribution in [2.45, 2.75) is 38.1 Å². The molecule has 1 N–H and O–H groups in total. The van der Waals surface area contributed by atoms with Crippen molar-refractivity contribution in [1.29, 1.82) is 0 Å². The fraction of sp³-hybridized carbons (Fsp3) is 0.438. The molecule has 0 aliphatic heterocycles. The van der Waals surface area contributed by atoms with Crippen molar-refractivity contribution in [1.82, 2.24) is 5.32 Å². The summed E-state index contributed by atoms with van der Waals surface area (Å²) in [7, 11) is 1.69. The Morgan fingerprint density at radius 2 is 2.05 bits per heavy atom. The van der Waals surface area contributed by atoms with Crippen LogP contribution >= 0.6 is 0 Å². The van der Waals surface area contributed by atoms with Crippen LogP contribution in [0, 0.1) is 0 Å². The van der Waals surface area contributed by atoms with Gasteiger partial charge in [0, 0.05) is 20.2 Å². The molecule has 0 bridgehead atoms. The zero-order chi connectivity index (χ0) is 13.7. The molecule has 1 aromatic rings. The van der Waals surface area contributed by atoms with Crippen LogP contribution in [-0.2, 0) is 0 Å². The normalized spacial score (nSPS) is 19.6. The molecule has 1 saturated carbocycles. The average molecular weight is 260 g/mol. The molecular weight excluding hydrogens is 236 g/mol. The smallest absolute Gasteiger partial charge is 0.321 e. The van der Waals surface area contributed by atoms with E-state index in [4.69, 9.17) is 0 Å². The van der Waals surface area contributed by atoms with E-state index >= 15 is 0 Å². The molecule has 2 rings (SSSR count). The summed E-state index contributed by atoms with van der Waals surface area (Å²) in [5.41, 5.74) is 2.28. The van der Waals surface area contributed by atoms with Gasteiger partial charge < -0.3 is 5.32 Å². The number of hydrogen-bond donors (Lipinski definition) is 1. The van der Waals surface area contributed by atoms with Crippen molar-refractivity contribution < 1.29 is 6.22 Å². The number of urea groups is 1. The number of rotatable bonds is 2. The molecule has 0 radical (unpaired) electrons. The predicted molar refractivity (Wildman–Crippen MR) is 81.5 cm³/mol. The maximum atomic E-state index is 12.2. The molecular formula is C16H24N2O. The molecule has 0 saturated heterocycles. The minimum Gasteiger partial charge on any atom is -0.341 e. The summed E-state index contributed by atoms with van der Waals surface area (Å²) < 4.78 is 0. The third-order valence-corrected chi connectivity index (χ3v) is 3.73. The maximum Gasteiger partial charge on any atom is 0.321 e. The number of allylic oxidation sites excluding steroid dienone is 1. The molecule has 1 fully saturated rings. The molecule has 1 aliphatic carbocycles. The van der Waals surface area contributed by atoms with Crippen molar-refractivity contribution in [2.75, 3.05) is 11.9 Å². The van der Waals surface area contributed by atoms with Crippen LogP contribution in [0.2, 0.25) is 0 Å². The molecule has 104 valence electrons. The molecule has 1 atom stereocenters. The second-order valence-corrected chi connectivity index (χ2v) is 5.10. The summed E-state index contributed by atoms with van der Waals surface area (Å²) in [5, 5.41) is 2.76. The summed E-state index contributed by atoms with van der Waals surface area (Å²) in [6, 6.07) is 10.1. The quantitative estimate of drug-likeness (QED) is 0.633. The van der Waals surface area contributed by atoms with Crippen molar-refractivity contribution in [3.05, 3.63) is 42.5 Å². The van der Waals surface area contributed by atoms with Crippen LogP contribution in [0.3, 0.4) is 0 Å². The van der Waals surface area contributed by atoms with E-state index in [1.54, 1.807) is 7.05 Å². The van der Waals surface area contributed by atoms with Gasteiger partial charge in [-0.15, -0.1) is 0 Å². The lowest BCUT2D eigenvalue weighted by atomic mass is 10.1. The lowest BCUT2D eigenvalue weighted by molar-refractivity contribution is 0.245. The SMILES string of the molecule is C=C1CCCC(N(C(=O)NC)c2ccccc2)CC1.[HH]. The number of amides is 2. The zero-order valence-corrected chi connectivity index (χ0v) is 11.6. The molecule has 2 amide bonds. The predicted octanol–water partition coefficient (Wildman–Crippen LogP) is 3.97. The minimum atomic E-state index is -0.0243. The molecule has 3 nitrogen and oxygen atoms in total. The van der Waals surface area contributed by atoms with E-state index < -0.39 is 0 Å². The van der Waals surface area contributed by atoms with Crippen molar-refractivity contribution in [2.24, 2.45) is 0 Å². The molecule has 19 heavy (non-hydrogen) atoms. The first kappa shape index (κ1) is 13.7. The van der Waals surface area contributed by atoms with Crippen molar-refractivity contribution in [3.63, 3.8) is 0 Å². The lowest BCUT2D eigenvalue weighted by Crippen LogP contribution is -2.45. The summed E-state index contributed by atoms with van der Waals surface area (Å²) in [6.45, 7) is 4.09. The van der Waals surface area contributed by atoms with Gasteiger partial charge in [0.05, 0.1) is 0 Å². The number of para-hydroxylation sites is 1. The third-order valence-electron chi connectivity index (χ3n) is 3.73. The molecule has 3 heteroatoms. The van der Waals surface area contributed by atoms with E-state index in [0.29, 0.717) is 0 Å². The largest absolute Gasteiger partial charge is 0.341 e. The van der Waals surface area contributed by atoms with E-state index in [0.717, 1.165) is 37.8 Å². The maximum absolute atomic E-state index is 12.2. The Hall–Kier alpha value is -1.77. The van der Waals surface area contributed by atoms with Crippen LogP contribution in [0.5, 0.6) is 0 Å². The zero-order valence-electron chi connectivity index (χ0n) is 11.6. The van der Waals surface area contributed by atoms with Gasteiger partial charge in [-0.3, -0.25) is 4.90 Å². The monoisotopic (exact) mass is 260 g/mol. The Labute approximate surface area is 116 Å². The Balaban J connectivity index is 0.00000200. The Morgan fingerprint density at radius 3 is 2.74 bits per heavy atom. The van der Waals surface area contributed by atoms with Gasteiger partial charge in [-0.1, -0.05) is 30.4 Å². The Morgan fingerprint density at radius 1 is 1.32 bits per heavy atom. The van der Waals surface area contributed by atoms with E-state index in [-0.39, 0.29) is 13.5 Å². The molecule has 0 spiro atoms. The van der Waals surface area contributed by atoms with Gasteiger partial charge in [0.1, 0.15) is 0 Å². The van der Waals surface area contributed by atoms with Gasteiger partial charge in [0.15, 0.2) is 0 Å². The second-order valence-electron chi connectivity index (χ2n) is 5.10. The van der Waals surface area contributed by atoms with E-state index in [1.165, 1.54) is 5.57 Å². The second kappa shape index (κ2) is 6.41. The van der Waals surface area contributed by atoms with Gasteiger partial charge in [0.25, 0.3) is 0 Å². The van der Waals surface area contributed by atoms with Crippen LogP contribution in [0.4, 0.5) is 10.5 Å². The highest BCUT2D eigenvalue weighted by atomic mass is 16.2. The Bertz CT molecular complexity index is 447. The van der Waals surface area contributed by atoms with Gasteiger partial charge in [-0.25, -0.2) is 4.79 Å². The number of carbonyl (C=O) groups is 1. The van der Waals surface area contributed by atoms with Crippen LogP contribution in [0.15, 0.2) is 42.5 Å². The van der Waals surface area contributed by atoms with Crippen molar-refractivity contribution >= 4 is 11.7 Å². The highest BCUT2D eigenvalue weighted by Gasteiger charge is 2.25. The number of anilines is 1. The number of hydrogen-bond acceptors (Lipinski definition) is 1. The first-order valence-electron chi connectivity index (χ1n) is 6.95. The summed E-state index contributed by atoms with van der Waals surface area (Å²) in [5.74, 6) is 0. The van der Waals surface area contributed by atoms with Crippen LogP contribution < -0.4 is 10.2 Å². The molecule has 1 aromatic carbocycles. The number of nitrogens with one attached hydrogen (secondary N) is 1. The van der Waals surface area contributed by atoms with E-state index in [9.17, 15) is 4.79 Å². The first-order chi connectivity index (χ1) is 9.22. The topological polar surface area (TPSA) is 32.3 Å². The van der Waals surface area contributed by atoms with Crippen LogP contribution in [-0.4, -0.2) is 19.1 Å². The average Bonchev–Trinajstić information content (AvgIpc) is 2.65.